The third-order valence-corrected chi connectivity index (χ3v) is 5.29. The summed E-state index contributed by atoms with van der Waals surface area (Å²) in [6.45, 7) is 1.98. The number of hydrogen-bond donors (Lipinski definition) is 2. The molecule has 1 aromatic heterocycles. The van der Waals surface area contributed by atoms with Crippen molar-refractivity contribution in [2.75, 3.05) is 22.1 Å². The van der Waals surface area contributed by atoms with Gasteiger partial charge in [0, 0.05) is 25.5 Å². The Morgan fingerprint density at radius 3 is 2.04 bits per heavy atom. The predicted octanol–water partition coefficient (Wildman–Crippen LogP) is 2.50. The number of imidazole rings is 1. The summed E-state index contributed by atoms with van der Waals surface area (Å²) in [6, 6.07) is 12.9. The number of nitrogens with zero attached hydrogens (tertiary/aromatic N) is 2. The molecular weight excluding hydrogens is 376 g/mol. The van der Waals surface area contributed by atoms with Gasteiger partial charge in [-0.25, -0.2) is 4.79 Å². The van der Waals surface area contributed by atoms with Crippen molar-refractivity contribution >= 4 is 46.0 Å². The van der Waals surface area contributed by atoms with E-state index >= 15 is 0 Å². The molecule has 146 valence electrons. The highest BCUT2D eigenvalue weighted by molar-refractivity contribution is 8.00. The van der Waals surface area contributed by atoms with Crippen molar-refractivity contribution < 1.29 is 9.59 Å². The molecule has 0 aliphatic heterocycles. The van der Waals surface area contributed by atoms with E-state index in [1.165, 1.54) is 16.3 Å². The normalized spacial score (nSPS) is 10.8. The SMILES string of the molecule is Cc1ccc(NC(=O)CSCC(=O)Nc2ccc3c(c2)n(C)c(=O)n3C)cc1. The number of fused-ring (bicyclic) bond motifs is 1. The van der Waals surface area contributed by atoms with E-state index in [0.717, 1.165) is 22.3 Å². The average Bonchev–Trinajstić information content (AvgIpc) is 2.88. The Kier molecular flexibility index (Phi) is 5.89. The van der Waals surface area contributed by atoms with Crippen LogP contribution < -0.4 is 16.3 Å². The zero-order valence-corrected chi connectivity index (χ0v) is 16.8. The van der Waals surface area contributed by atoms with Crippen molar-refractivity contribution in [1.29, 1.82) is 0 Å². The molecule has 2 N–H and O–H groups in total. The lowest BCUT2D eigenvalue weighted by atomic mass is 10.2. The number of thioether (sulfide) groups is 1. The largest absolute Gasteiger partial charge is 0.328 e. The van der Waals surface area contributed by atoms with Gasteiger partial charge >= 0.3 is 5.69 Å². The Bertz CT molecular complexity index is 1080. The highest BCUT2D eigenvalue weighted by atomic mass is 32.2. The molecule has 0 fully saturated rings. The van der Waals surface area contributed by atoms with Crippen LogP contribution in [0.1, 0.15) is 5.56 Å². The number of aryl methyl sites for hydroxylation is 3. The minimum absolute atomic E-state index is 0.117. The van der Waals surface area contributed by atoms with Gasteiger partial charge in [0.25, 0.3) is 0 Å². The van der Waals surface area contributed by atoms with E-state index in [2.05, 4.69) is 10.6 Å². The number of carbonyl (C=O) groups excluding carboxylic acids is 2. The lowest BCUT2D eigenvalue weighted by Crippen LogP contribution is -2.19. The maximum Gasteiger partial charge on any atom is 0.328 e. The quantitative estimate of drug-likeness (QED) is 0.668. The fraction of sp³-hybridized carbons (Fsp3) is 0.250. The second-order valence-electron chi connectivity index (χ2n) is 6.56. The Hall–Kier alpha value is -3.00. The Balaban J connectivity index is 1.51. The summed E-state index contributed by atoms with van der Waals surface area (Å²) in [6.07, 6.45) is 0. The molecule has 28 heavy (non-hydrogen) atoms. The fourth-order valence-electron chi connectivity index (χ4n) is 2.85. The Morgan fingerprint density at radius 2 is 1.39 bits per heavy atom. The van der Waals surface area contributed by atoms with Crippen LogP contribution in [0.25, 0.3) is 11.0 Å². The van der Waals surface area contributed by atoms with Gasteiger partial charge in [0.1, 0.15) is 0 Å². The van der Waals surface area contributed by atoms with Crippen LogP contribution in [0.3, 0.4) is 0 Å². The first kappa shape index (κ1) is 19.8. The van der Waals surface area contributed by atoms with Crippen LogP contribution in [0, 0.1) is 6.92 Å². The zero-order chi connectivity index (χ0) is 20.3. The van der Waals surface area contributed by atoms with Crippen molar-refractivity contribution in [2.45, 2.75) is 6.92 Å². The Morgan fingerprint density at radius 1 is 0.857 bits per heavy atom. The van der Waals surface area contributed by atoms with Crippen molar-refractivity contribution in [2.24, 2.45) is 14.1 Å². The van der Waals surface area contributed by atoms with Gasteiger partial charge < -0.3 is 10.6 Å². The molecule has 0 unspecified atom stereocenters. The molecule has 0 saturated heterocycles. The highest BCUT2D eigenvalue weighted by Crippen LogP contribution is 2.18. The molecule has 7 nitrogen and oxygen atoms in total. The number of carbonyl (C=O) groups is 2. The standard InChI is InChI=1S/C20H22N4O3S/c1-13-4-6-14(7-5-13)21-18(25)11-28-12-19(26)22-15-8-9-16-17(10-15)24(3)20(27)23(16)2/h4-10H,11-12H2,1-3H3,(H,21,25)(H,22,26). The van der Waals surface area contributed by atoms with Gasteiger partial charge in [-0.15, -0.1) is 11.8 Å². The first-order chi connectivity index (χ1) is 13.3. The predicted molar refractivity (Wildman–Crippen MR) is 114 cm³/mol. The molecule has 3 aromatic rings. The third kappa shape index (κ3) is 4.45. The summed E-state index contributed by atoms with van der Waals surface area (Å²) >= 11 is 1.24. The molecule has 0 radical (unpaired) electrons. The number of hydrogen-bond acceptors (Lipinski definition) is 4. The second-order valence-corrected chi connectivity index (χ2v) is 7.54. The Labute approximate surface area is 166 Å². The minimum Gasteiger partial charge on any atom is -0.325 e. The maximum atomic E-state index is 12.1. The van der Waals surface area contributed by atoms with Crippen LogP contribution in [0.5, 0.6) is 0 Å². The van der Waals surface area contributed by atoms with E-state index in [4.69, 9.17) is 0 Å². The molecule has 2 aromatic carbocycles. The molecular formula is C20H22N4O3S. The van der Waals surface area contributed by atoms with E-state index in [0.29, 0.717) is 5.69 Å². The van der Waals surface area contributed by atoms with Gasteiger partial charge in [-0.3, -0.25) is 18.7 Å². The topological polar surface area (TPSA) is 85.1 Å². The average molecular weight is 398 g/mol. The smallest absolute Gasteiger partial charge is 0.325 e. The van der Waals surface area contributed by atoms with Crippen LogP contribution in [0.2, 0.25) is 0 Å². The van der Waals surface area contributed by atoms with Gasteiger partial charge in [-0.2, -0.15) is 0 Å². The van der Waals surface area contributed by atoms with Crippen LogP contribution in [0.15, 0.2) is 47.3 Å². The molecule has 0 aliphatic rings. The van der Waals surface area contributed by atoms with Crippen molar-refractivity contribution in [3.8, 4) is 0 Å². The maximum absolute atomic E-state index is 12.1. The van der Waals surface area contributed by atoms with Gasteiger partial charge in [0.05, 0.1) is 22.5 Å². The molecule has 0 aliphatic carbocycles. The summed E-state index contributed by atoms with van der Waals surface area (Å²) in [5.41, 5.74) is 3.90. The van der Waals surface area contributed by atoms with Crippen molar-refractivity contribution in [3.63, 3.8) is 0 Å². The van der Waals surface area contributed by atoms with E-state index in [9.17, 15) is 14.4 Å². The number of benzene rings is 2. The lowest BCUT2D eigenvalue weighted by molar-refractivity contribution is -0.114. The molecule has 3 rings (SSSR count). The van der Waals surface area contributed by atoms with Crippen LogP contribution in [-0.2, 0) is 23.7 Å². The lowest BCUT2D eigenvalue weighted by Gasteiger charge is -2.07. The fourth-order valence-corrected chi connectivity index (χ4v) is 3.47. The van der Waals surface area contributed by atoms with E-state index in [1.54, 1.807) is 36.9 Å². The van der Waals surface area contributed by atoms with Gasteiger partial charge in [0.15, 0.2) is 0 Å². The highest BCUT2D eigenvalue weighted by Gasteiger charge is 2.10. The summed E-state index contributed by atoms with van der Waals surface area (Å²) in [5.74, 6) is -0.00332. The molecule has 2 amide bonds. The molecule has 0 atom stereocenters. The molecule has 8 heteroatoms. The van der Waals surface area contributed by atoms with Crippen molar-refractivity contribution in [3.05, 3.63) is 58.5 Å². The molecule has 0 spiro atoms. The summed E-state index contributed by atoms with van der Waals surface area (Å²) in [5, 5.41) is 5.60. The number of anilines is 2. The zero-order valence-electron chi connectivity index (χ0n) is 16.0. The van der Waals surface area contributed by atoms with Gasteiger partial charge in [-0.05, 0) is 37.3 Å². The number of rotatable bonds is 6. The van der Waals surface area contributed by atoms with Crippen LogP contribution in [-0.4, -0.2) is 32.5 Å². The minimum atomic E-state index is -0.201. The van der Waals surface area contributed by atoms with E-state index in [1.807, 2.05) is 31.2 Å². The number of nitrogens with one attached hydrogen (secondary N) is 2. The van der Waals surface area contributed by atoms with Crippen molar-refractivity contribution in [1.82, 2.24) is 9.13 Å². The number of amides is 2. The first-order valence-corrected chi connectivity index (χ1v) is 9.90. The summed E-state index contributed by atoms with van der Waals surface area (Å²) in [4.78, 5) is 36.1. The van der Waals surface area contributed by atoms with Crippen LogP contribution in [0.4, 0.5) is 11.4 Å². The third-order valence-electron chi connectivity index (χ3n) is 4.36. The summed E-state index contributed by atoms with van der Waals surface area (Å²) < 4.78 is 3.10. The first-order valence-electron chi connectivity index (χ1n) is 8.75. The van der Waals surface area contributed by atoms with E-state index < -0.39 is 0 Å². The molecule has 0 bridgehead atoms. The second kappa shape index (κ2) is 8.35. The van der Waals surface area contributed by atoms with Gasteiger partial charge in [0.2, 0.25) is 11.8 Å². The summed E-state index contributed by atoms with van der Waals surface area (Å²) in [7, 11) is 3.40. The van der Waals surface area contributed by atoms with Gasteiger partial charge in [-0.1, -0.05) is 17.7 Å². The molecule has 1 heterocycles. The monoisotopic (exact) mass is 398 g/mol. The van der Waals surface area contributed by atoms with E-state index in [-0.39, 0.29) is 29.0 Å². The number of aromatic nitrogens is 2. The van der Waals surface area contributed by atoms with Crippen LogP contribution >= 0.6 is 11.8 Å². The molecule has 0 saturated carbocycles.